The zero-order valence-corrected chi connectivity index (χ0v) is 15.3. The van der Waals surface area contributed by atoms with Gasteiger partial charge in [-0.25, -0.2) is 0 Å². The molecule has 4 rings (SSSR count). The molecule has 1 fully saturated rings. The monoisotopic (exact) mass is 388 g/mol. The van der Waals surface area contributed by atoms with Gasteiger partial charge in [0.25, 0.3) is 5.56 Å². The smallest absolute Gasteiger partial charge is 0.250 e. The number of rotatable bonds is 3. The first-order valence-electron chi connectivity index (χ1n) is 8.38. The van der Waals surface area contributed by atoms with E-state index in [1.807, 2.05) is 22.8 Å². The van der Waals surface area contributed by atoms with Gasteiger partial charge in [-0.2, -0.15) is 0 Å². The Morgan fingerprint density at radius 3 is 2.92 bits per heavy atom. The number of ether oxygens (including phenoxy) is 1. The minimum atomic E-state index is 0.143. The van der Waals surface area contributed by atoms with E-state index in [4.69, 9.17) is 4.74 Å². The summed E-state index contributed by atoms with van der Waals surface area (Å²) in [5, 5.41) is 0. The van der Waals surface area contributed by atoms with Crippen LogP contribution in [-0.4, -0.2) is 29.7 Å². The minimum absolute atomic E-state index is 0.143. The minimum Gasteiger partial charge on any atom is -0.496 e. The Hall–Kier alpha value is -1.59. The summed E-state index contributed by atoms with van der Waals surface area (Å²) in [6.07, 6.45) is 1.19. The van der Waals surface area contributed by atoms with E-state index in [1.54, 1.807) is 13.2 Å². The van der Waals surface area contributed by atoms with Gasteiger partial charge >= 0.3 is 0 Å². The Balaban J connectivity index is 1.59. The summed E-state index contributed by atoms with van der Waals surface area (Å²) in [6.45, 7) is 3.76. The first kappa shape index (κ1) is 15.9. The van der Waals surface area contributed by atoms with E-state index in [1.165, 1.54) is 17.7 Å². The predicted molar refractivity (Wildman–Crippen MR) is 97.5 cm³/mol. The molecule has 1 saturated heterocycles. The first-order chi connectivity index (χ1) is 11.6. The van der Waals surface area contributed by atoms with Crippen LogP contribution in [0.1, 0.15) is 23.6 Å². The van der Waals surface area contributed by atoms with Gasteiger partial charge in [0.15, 0.2) is 0 Å². The largest absolute Gasteiger partial charge is 0.496 e. The topological polar surface area (TPSA) is 34.5 Å². The lowest BCUT2D eigenvalue weighted by atomic mass is 9.83. The molecule has 3 heterocycles. The first-order valence-corrected chi connectivity index (χ1v) is 9.18. The van der Waals surface area contributed by atoms with Gasteiger partial charge in [0, 0.05) is 53.9 Å². The highest BCUT2D eigenvalue weighted by Gasteiger charge is 2.34. The number of pyridine rings is 1. The predicted octanol–water partition coefficient (Wildman–Crippen LogP) is 3.24. The molecule has 0 unspecified atom stereocenters. The standard InChI is InChI=1S/C19H21BrN2O2/c1-24-18-6-5-16(20)8-15(18)12-21-9-13-7-14(11-21)17-3-2-4-19(23)22(17)10-13/h2-6,8,13-14H,7,9-12H2,1H3/t13-,14+/m0/s1. The van der Waals surface area contributed by atoms with E-state index < -0.39 is 0 Å². The van der Waals surface area contributed by atoms with Crippen molar-refractivity contribution < 1.29 is 4.74 Å². The third-order valence-corrected chi connectivity index (χ3v) is 5.69. The fraction of sp³-hybridized carbons (Fsp3) is 0.421. The van der Waals surface area contributed by atoms with Crippen molar-refractivity contribution in [2.24, 2.45) is 5.92 Å². The third kappa shape index (κ3) is 2.91. The van der Waals surface area contributed by atoms with E-state index in [2.05, 4.69) is 33.0 Å². The number of nitrogens with zero attached hydrogens (tertiary/aromatic N) is 2. The van der Waals surface area contributed by atoms with Crippen LogP contribution < -0.4 is 10.3 Å². The quantitative estimate of drug-likeness (QED) is 0.809. The Bertz CT molecular complexity index is 817. The summed E-state index contributed by atoms with van der Waals surface area (Å²) in [4.78, 5) is 14.6. The normalized spacial score (nSPS) is 22.9. The Morgan fingerprint density at radius 2 is 2.08 bits per heavy atom. The second-order valence-electron chi connectivity index (χ2n) is 6.85. The molecule has 0 spiro atoms. The van der Waals surface area contributed by atoms with Crippen molar-refractivity contribution in [2.45, 2.75) is 25.4 Å². The second kappa shape index (κ2) is 6.37. The number of likely N-dealkylation sites (tertiary alicyclic amines) is 1. The maximum absolute atomic E-state index is 12.1. The number of benzene rings is 1. The fourth-order valence-corrected chi connectivity index (χ4v) is 4.64. The second-order valence-corrected chi connectivity index (χ2v) is 7.76. The zero-order valence-electron chi connectivity index (χ0n) is 13.7. The molecule has 126 valence electrons. The molecule has 1 aromatic heterocycles. The van der Waals surface area contributed by atoms with Crippen molar-refractivity contribution in [3.05, 3.63) is 62.5 Å². The highest BCUT2D eigenvalue weighted by atomic mass is 79.9. The van der Waals surface area contributed by atoms with Gasteiger partial charge in [-0.1, -0.05) is 22.0 Å². The molecule has 2 aliphatic heterocycles. The summed E-state index contributed by atoms with van der Waals surface area (Å²) in [5.74, 6) is 1.93. The van der Waals surface area contributed by atoms with E-state index >= 15 is 0 Å². The Labute approximate surface area is 150 Å². The number of hydrogen-bond donors (Lipinski definition) is 0. The maximum Gasteiger partial charge on any atom is 0.250 e. The highest BCUT2D eigenvalue weighted by Crippen LogP contribution is 2.36. The van der Waals surface area contributed by atoms with Crippen LogP contribution in [0.4, 0.5) is 0 Å². The summed E-state index contributed by atoms with van der Waals surface area (Å²) < 4.78 is 8.57. The molecule has 0 amide bonds. The number of hydrogen-bond acceptors (Lipinski definition) is 3. The maximum atomic E-state index is 12.1. The highest BCUT2D eigenvalue weighted by molar-refractivity contribution is 9.10. The molecule has 2 bridgehead atoms. The number of fused-ring (bicyclic) bond motifs is 4. The molecule has 24 heavy (non-hydrogen) atoms. The van der Waals surface area contributed by atoms with Crippen LogP contribution >= 0.6 is 15.9 Å². The third-order valence-electron chi connectivity index (χ3n) is 5.19. The van der Waals surface area contributed by atoms with Gasteiger partial charge in [0.2, 0.25) is 0 Å². The van der Waals surface area contributed by atoms with Gasteiger partial charge in [-0.15, -0.1) is 0 Å². The summed E-state index contributed by atoms with van der Waals surface area (Å²) >= 11 is 3.56. The fourth-order valence-electron chi connectivity index (χ4n) is 4.24. The molecule has 0 radical (unpaired) electrons. The molecule has 0 saturated carbocycles. The van der Waals surface area contributed by atoms with Crippen molar-refractivity contribution in [3.8, 4) is 5.75 Å². The van der Waals surface area contributed by atoms with Gasteiger partial charge < -0.3 is 9.30 Å². The van der Waals surface area contributed by atoms with Crippen molar-refractivity contribution in [1.29, 1.82) is 0 Å². The van der Waals surface area contributed by atoms with E-state index in [9.17, 15) is 4.79 Å². The van der Waals surface area contributed by atoms with Gasteiger partial charge in [0.1, 0.15) is 5.75 Å². The van der Waals surface area contributed by atoms with Crippen molar-refractivity contribution in [3.63, 3.8) is 0 Å². The molecular formula is C19H21BrN2O2. The van der Waals surface area contributed by atoms with Crippen LogP contribution in [0.3, 0.4) is 0 Å². The lowest BCUT2D eigenvalue weighted by Gasteiger charge is -2.42. The van der Waals surface area contributed by atoms with Crippen LogP contribution in [0.25, 0.3) is 0 Å². The van der Waals surface area contributed by atoms with Crippen LogP contribution in [0.5, 0.6) is 5.75 Å². The Morgan fingerprint density at radius 1 is 1.21 bits per heavy atom. The molecule has 2 atom stereocenters. The van der Waals surface area contributed by atoms with Crippen molar-refractivity contribution in [2.75, 3.05) is 20.2 Å². The zero-order chi connectivity index (χ0) is 16.7. The van der Waals surface area contributed by atoms with E-state index in [0.29, 0.717) is 11.8 Å². The van der Waals surface area contributed by atoms with Crippen LogP contribution in [0.2, 0.25) is 0 Å². The van der Waals surface area contributed by atoms with E-state index in [-0.39, 0.29) is 5.56 Å². The lowest BCUT2D eigenvalue weighted by molar-refractivity contribution is 0.113. The number of halogens is 1. The summed E-state index contributed by atoms with van der Waals surface area (Å²) in [7, 11) is 1.72. The van der Waals surface area contributed by atoms with Crippen molar-refractivity contribution >= 4 is 15.9 Å². The average molecular weight is 389 g/mol. The molecule has 1 aromatic carbocycles. The van der Waals surface area contributed by atoms with E-state index in [0.717, 1.165) is 36.4 Å². The Kier molecular flexibility index (Phi) is 4.22. The number of aromatic nitrogens is 1. The van der Waals surface area contributed by atoms with Gasteiger partial charge in [0.05, 0.1) is 7.11 Å². The van der Waals surface area contributed by atoms with Crippen LogP contribution in [0, 0.1) is 5.92 Å². The lowest BCUT2D eigenvalue weighted by Crippen LogP contribution is -2.46. The van der Waals surface area contributed by atoms with Gasteiger partial charge in [-0.05, 0) is 36.6 Å². The molecule has 0 N–H and O–H groups in total. The SMILES string of the molecule is COc1ccc(Br)cc1CN1C[C@@H]2C[C@H](C1)c1cccc(=O)n1C2. The molecule has 4 nitrogen and oxygen atoms in total. The molecule has 2 aromatic rings. The van der Waals surface area contributed by atoms with Gasteiger partial charge in [-0.3, -0.25) is 9.69 Å². The average Bonchev–Trinajstić information content (AvgIpc) is 2.56. The summed E-state index contributed by atoms with van der Waals surface area (Å²) in [5.41, 5.74) is 2.55. The molecular weight excluding hydrogens is 368 g/mol. The van der Waals surface area contributed by atoms with Crippen LogP contribution in [-0.2, 0) is 13.1 Å². The number of methoxy groups -OCH3 is 1. The molecule has 5 heteroatoms. The van der Waals surface area contributed by atoms with Crippen molar-refractivity contribution in [1.82, 2.24) is 9.47 Å². The molecule has 2 aliphatic rings. The summed E-state index contributed by atoms with van der Waals surface area (Å²) in [6, 6.07) is 11.8. The molecule has 0 aliphatic carbocycles. The number of piperidine rings is 1. The van der Waals surface area contributed by atoms with Crippen LogP contribution in [0.15, 0.2) is 45.7 Å².